The molecule has 24 heavy (non-hydrogen) atoms. The van der Waals surface area contributed by atoms with E-state index in [1.165, 1.54) is 6.07 Å². The molecule has 3 aromatic rings. The number of para-hydroxylation sites is 1. The lowest BCUT2D eigenvalue weighted by Gasteiger charge is -2.03. The van der Waals surface area contributed by atoms with Crippen molar-refractivity contribution in [3.8, 4) is 0 Å². The number of H-pyrrole nitrogens is 1. The molecule has 0 spiro atoms. The summed E-state index contributed by atoms with van der Waals surface area (Å²) in [5.41, 5.74) is 0.791. The summed E-state index contributed by atoms with van der Waals surface area (Å²) < 4.78 is 31.0. The predicted octanol–water partition coefficient (Wildman–Crippen LogP) is 2.69. The van der Waals surface area contributed by atoms with Gasteiger partial charge in [0.25, 0.3) is 12.3 Å². The van der Waals surface area contributed by atoms with Crippen molar-refractivity contribution < 1.29 is 18.0 Å². The molecule has 0 radical (unpaired) electrons. The van der Waals surface area contributed by atoms with Gasteiger partial charge in [-0.25, -0.2) is 13.8 Å². The average Bonchev–Trinajstić information content (AvgIpc) is 3.15. The van der Waals surface area contributed by atoms with E-state index in [2.05, 4.69) is 25.5 Å². The second-order valence-electron chi connectivity index (χ2n) is 5.62. The van der Waals surface area contributed by atoms with Gasteiger partial charge < -0.3 is 14.7 Å². The Labute approximate surface area is 134 Å². The number of carbonyl (C=O) groups excluding carboxylic acids is 1. The Bertz CT molecular complexity index is 900. The minimum Gasteiger partial charge on any atom is -0.423 e. The normalized spacial score (nSPS) is 14.5. The van der Waals surface area contributed by atoms with Gasteiger partial charge in [0.2, 0.25) is 11.8 Å². The molecule has 0 aliphatic heterocycles. The average molecular weight is 333 g/mol. The van der Waals surface area contributed by atoms with Crippen molar-refractivity contribution in [2.24, 2.45) is 0 Å². The zero-order valence-corrected chi connectivity index (χ0v) is 12.4. The zero-order valence-electron chi connectivity index (χ0n) is 12.4. The van der Waals surface area contributed by atoms with Crippen LogP contribution >= 0.6 is 0 Å². The van der Waals surface area contributed by atoms with Gasteiger partial charge in [0.15, 0.2) is 5.82 Å². The fourth-order valence-electron chi connectivity index (χ4n) is 2.42. The Hall–Kier alpha value is -2.84. The fraction of sp³-hybridized carbons (Fsp3) is 0.333. The maximum atomic E-state index is 12.8. The number of benzene rings is 1. The molecule has 7 nitrogen and oxygen atoms in total. The number of rotatable bonds is 5. The van der Waals surface area contributed by atoms with Crippen molar-refractivity contribution in [2.45, 2.75) is 31.7 Å². The highest BCUT2D eigenvalue weighted by atomic mass is 19.3. The number of amides is 1. The SMILES string of the molecule is O=C(NCc1nnc(C2CC2)o1)c1cccc2[nH]c(C(F)F)nc12. The smallest absolute Gasteiger partial charge is 0.295 e. The van der Waals surface area contributed by atoms with Crippen LogP contribution in [-0.2, 0) is 6.54 Å². The molecule has 2 heterocycles. The molecule has 2 N–H and O–H groups in total. The predicted molar refractivity (Wildman–Crippen MR) is 78.5 cm³/mol. The molecule has 1 aliphatic carbocycles. The third-order valence-corrected chi connectivity index (χ3v) is 3.79. The number of carbonyl (C=O) groups is 1. The van der Waals surface area contributed by atoms with Gasteiger partial charge in [0.1, 0.15) is 5.52 Å². The van der Waals surface area contributed by atoms with Gasteiger partial charge in [-0.05, 0) is 25.0 Å². The summed E-state index contributed by atoms with van der Waals surface area (Å²) in [6.07, 6.45) is -0.643. The van der Waals surface area contributed by atoms with E-state index in [0.717, 1.165) is 12.8 Å². The first-order valence-corrected chi connectivity index (χ1v) is 7.49. The molecular formula is C15H13F2N5O2. The molecule has 0 saturated heterocycles. The van der Waals surface area contributed by atoms with Gasteiger partial charge in [0, 0.05) is 5.92 Å². The second-order valence-corrected chi connectivity index (χ2v) is 5.62. The third kappa shape index (κ3) is 2.72. The molecule has 1 aliphatic rings. The maximum absolute atomic E-state index is 12.8. The number of alkyl halides is 2. The van der Waals surface area contributed by atoms with Gasteiger partial charge >= 0.3 is 0 Å². The molecule has 1 amide bonds. The van der Waals surface area contributed by atoms with Crippen LogP contribution in [0.2, 0.25) is 0 Å². The fourth-order valence-corrected chi connectivity index (χ4v) is 2.42. The standard InChI is InChI=1S/C15H13F2N5O2/c16-12(17)13-19-9-3-1-2-8(11(9)20-13)14(23)18-6-10-21-22-15(24-10)7-4-5-7/h1-3,7,12H,4-6H2,(H,18,23)(H,19,20). The van der Waals surface area contributed by atoms with Crippen molar-refractivity contribution in [3.05, 3.63) is 41.4 Å². The Morgan fingerprint density at radius 1 is 1.38 bits per heavy atom. The van der Waals surface area contributed by atoms with Crippen LogP contribution in [0, 0.1) is 0 Å². The van der Waals surface area contributed by atoms with Crippen LogP contribution in [0.1, 0.15) is 53.1 Å². The molecule has 0 unspecified atom stereocenters. The minimum absolute atomic E-state index is 0.0705. The zero-order chi connectivity index (χ0) is 16.7. The first kappa shape index (κ1) is 14.7. The molecule has 124 valence electrons. The summed E-state index contributed by atoms with van der Waals surface area (Å²) in [5.74, 6) is 0.339. The van der Waals surface area contributed by atoms with Crippen LogP contribution in [-0.4, -0.2) is 26.1 Å². The van der Waals surface area contributed by atoms with Gasteiger partial charge in [-0.15, -0.1) is 10.2 Å². The first-order chi connectivity index (χ1) is 11.6. The summed E-state index contributed by atoms with van der Waals surface area (Å²) in [7, 11) is 0. The van der Waals surface area contributed by atoms with Crippen molar-refractivity contribution in [1.29, 1.82) is 0 Å². The molecule has 4 rings (SSSR count). The van der Waals surface area contributed by atoms with Crippen LogP contribution in [0.5, 0.6) is 0 Å². The molecule has 0 bridgehead atoms. The van der Waals surface area contributed by atoms with Crippen LogP contribution in [0.4, 0.5) is 8.78 Å². The Balaban J connectivity index is 1.51. The molecular weight excluding hydrogens is 320 g/mol. The van der Waals surface area contributed by atoms with Gasteiger partial charge in [-0.2, -0.15) is 0 Å². The highest BCUT2D eigenvalue weighted by Gasteiger charge is 2.29. The number of hydrogen-bond donors (Lipinski definition) is 2. The molecule has 1 aromatic carbocycles. The van der Waals surface area contributed by atoms with Crippen molar-refractivity contribution >= 4 is 16.9 Å². The van der Waals surface area contributed by atoms with E-state index < -0.39 is 18.2 Å². The number of imidazole rings is 1. The van der Waals surface area contributed by atoms with E-state index >= 15 is 0 Å². The van der Waals surface area contributed by atoms with Gasteiger partial charge in [-0.3, -0.25) is 4.79 Å². The van der Waals surface area contributed by atoms with E-state index in [1.807, 2.05) is 0 Å². The van der Waals surface area contributed by atoms with Gasteiger partial charge in [-0.1, -0.05) is 6.07 Å². The van der Waals surface area contributed by atoms with Crippen LogP contribution < -0.4 is 5.32 Å². The molecule has 1 saturated carbocycles. The number of halogens is 2. The number of aromatic nitrogens is 4. The quantitative estimate of drug-likeness (QED) is 0.748. The van der Waals surface area contributed by atoms with Crippen molar-refractivity contribution in [3.63, 3.8) is 0 Å². The third-order valence-electron chi connectivity index (χ3n) is 3.79. The molecule has 9 heteroatoms. The number of fused-ring (bicyclic) bond motifs is 1. The summed E-state index contributed by atoms with van der Waals surface area (Å²) in [6, 6.07) is 4.71. The lowest BCUT2D eigenvalue weighted by molar-refractivity contribution is 0.0948. The van der Waals surface area contributed by atoms with E-state index in [-0.39, 0.29) is 17.6 Å². The van der Waals surface area contributed by atoms with Crippen molar-refractivity contribution in [1.82, 2.24) is 25.5 Å². The monoisotopic (exact) mass is 333 g/mol. The highest BCUT2D eigenvalue weighted by molar-refractivity contribution is 6.04. The summed E-state index contributed by atoms with van der Waals surface area (Å²) in [4.78, 5) is 18.6. The number of hydrogen-bond acceptors (Lipinski definition) is 5. The topological polar surface area (TPSA) is 96.7 Å². The Kier molecular flexibility index (Phi) is 3.47. The molecule has 1 fully saturated rings. The largest absolute Gasteiger partial charge is 0.423 e. The highest BCUT2D eigenvalue weighted by Crippen LogP contribution is 2.38. The van der Waals surface area contributed by atoms with E-state index in [1.54, 1.807) is 12.1 Å². The summed E-state index contributed by atoms with van der Waals surface area (Å²) >= 11 is 0. The Morgan fingerprint density at radius 3 is 2.96 bits per heavy atom. The summed E-state index contributed by atoms with van der Waals surface area (Å²) in [6.45, 7) is 0.0705. The number of aromatic amines is 1. The van der Waals surface area contributed by atoms with E-state index in [4.69, 9.17) is 4.42 Å². The van der Waals surface area contributed by atoms with E-state index in [0.29, 0.717) is 23.2 Å². The van der Waals surface area contributed by atoms with Crippen molar-refractivity contribution in [2.75, 3.05) is 0 Å². The van der Waals surface area contributed by atoms with Crippen LogP contribution in [0.3, 0.4) is 0 Å². The molecule has 2 aromatic heterocycles. The molecule has 0 atom stereocenters. The number of nitrogens with one attached hydrogen (secondary N) is 2. The Morgan fingerprint density at radius 2 is 2.21 bits per heavy atom. The maximum Gasteiger partial charge on any atom is 0.295 e. The number of nitrogens with zero attached hydrogens (tertiary/aromatic N) is 3. The van der Waals surface area contributed by atoms with Gasteiger partial charge in [0.05, 0.1) is 17.6 Å². The van der Waals surface area contributed by atoms with Crippen LogP contribution in [0.25, 0.3) is 11.0 Å². The first-order valence-electron chi connectivity index (χ1n) is 7.49. The summed E-state index contributed by atoms with van der Waals surface area (Å²) in [5, 5.41) is 10.5. The van der Waals surface area contributed by atoms with Crippen LogP contribution in [0.15, 0.2) is 22.6 Å². The minimum atomic E-state index is -2.73. The lowest BCUT2D eigenvalue weighted by atomic mass is 10.1. The lowest BCUT2D eigenvalue weighted by Crippen LogP contribution is -2.23. The van der Waals surface area contributed by atoms with E-state index in [9.17, 15) is 13.6 Å². The second kappa shape index (κ2) is 5.66.